The second-order valence-corrected chi connectivity index (χ2v) is 4.96. The van der Waals surface area contributed by atoms with Crippen LogP contribution in [0.5, 0.6) is 0 Å². The average Bonchev–Trinajstić information content (AvgIpc) is 2.29. The minimum Gasteiger partial charge on any atom is -0.406 e. The largest absolute Gasteiger partial charge is 0.406 e. The van der Waals surface area contributed by atoms with Crippen LogP contribution in [-0.4, -0.2) is 17.8 Å². The van der Waals surface area contributed by atoms with Gasteiger partial charge in [0, 0.05) is 10.5 Å². The Morgan fingerprint density at radius 3 is 2.56 bits per heavy atom. The highest BCUT2D eigenvalue weighted by Gasteiger charge is 2.14. The van der Waals surface area contributed by atoms with Gasteiger partial charge in [-0.2, -0.15) is 0 Å². The lowest BCUT2D eigenvalue weighted by atomic mass is 10.1. The number of nitrogens with two attached hydrogens (primary N) is 1. The van der Waals surface area contributed by atoms with Gasteiger partial charge in [0.2, 0.25) is 5.69 Å². The lowest BCUT2D eigenvalue weighted by Crippen LogP contribution is -2.30. The molecular formula is C12H17BrClN3O. The van der Waals surface area contributed by atoms with E-state index in [1.165, 1.54) is 0 Å². The second kappa shape index (κ2) is 7.59. The van der Waals surface area contributed by atoms with E-state index >= 15 is 0 Å². The van der Waals surface area contributed by atoms with Crippen LogP contribution in [0.2, 0.25) is 0 Å². The predicted octanol–water partition coefficient (Wildman–Crippen LogP) is 3.04. The molecule has 0 amide bonds. The zero-order valence-corrected chi connectivity index (χ0v) is 12.7. The van der Waals surface area contributed by atoms with Crippen molar-refractivity contribution >= 4 is 39.7 Å². The molecule has 18 heavy (non-hydrogen) atoms. The summed E-state index contributed by atoms with van der Waals surface area (Å²) >= 11 is 3.32. The van der Waals surface area contributed by atoms with Crippen molar-refractivity contribution in [1.29, 1.82) is 0 Å². The summed E-state index contributed by atoms with van der Waals surface area (Å²) in [6.07, 6.45) is 0. The number of benzene rings is 1. The third-order valence-electron chi connectivity index (χ3n) is 2.37. The molecule has 0 radical (unpaired) electrons. The third kappa shape index (κ3) is 4.14. The minimum atomic E-state index is -0.188. The second-order valence-electron chi connectivity index (χ2n) is 4.10. The van der Waals surface area contributed by atoms with Crippen molar-refractivity contribution in [2.45, 2.75) is 25.9 Å². The SMILES string of the molecule is Cl.[C-]#[N+]c1cc(C(CO)NC(C)C)cc(Br)c1N. The smallest absolute Gasteiger partial charge is 0.210 e. The molecule has 1 rings (SSSR count). The van der Waals surface area contributed by atoms with E-state index in [-0.39, 0.29) is 31.1 Å². The highest BCUT2D eigenvalue weighted by atomic mass is 79.9. The number of hydrogen-bond acceptors (Lipinski definition) is 3. The fourth-order valence-electron chi connectivity index (χ4n) is 1.57. The Morgan fingerprint density at radius 2 is 2.11 bits per heavy atom. The molecule has 0 aromatic heterocycles. The van der Waals surface area contributed by atoms with Crippen LogP contribution in [-0.2, 0) is 0 Å². The molecule has 0 aliphatic rings. The van der Waals surface area contributed by atoms with Crippen molar-refractivity contribution in [2.75, 3.05) is 12.3 Å². The third-order valence-corrected chi connectivity index (χ3v) is 3.03. The summed E-state index contributed by atoms with van der Waals surface area (Å²) in [7, 11) is 0. The van der Waals surface area contributed by atoms with Crippen LogP contribution in [0.3, 0.4) is 0 Å². The molecule has 0 saturated carbocycles. The van der Waals surface area contributed by atoms with Gasteiger partial charge < -0.3 is 16.2 Å². The lowest BCUT2D eigenvalue weighted by Gasteiger charge is -2.20. The van der Waals surface area contributed by atoms with E-state index < -0.39 is 0 Å². The Labute approximate surface area is 122 Å². The molecule has 100 valence electrons. The van der Waals surface area contributed by atoms with Gasteiger partial charge in [0.15, 0.2) is 0 Å². The van der Waals surface area contributed by atoms with Crippen molar-refractivity contribution < 1.29 is 5.11 Å². The number of nitrogens with zero attached hydrogens (tertiary/aromatic N) is 1. The molecule has 4 N–H and O–H groups in total. The zero-order chi connectivity index (χ0) is 13.0. The Morgan fingerprint density at radius 1 is 1.50 bits per heavy atom. The van der Waals surface area contributed by atoms with Crippen LogP contribution in [0.4, 0.5) is 11.4 Å². The lowest BCUT2D eigenvalue weighted by molar-refractivity contribution is 0.237. The molecule has 0 bridgehead atoms. The van der Waals surface area contributed by atoms with Crippen LogP contribution >= 0.6 is 28.3 Å². The standard InChI is InChI=1S/C12H16BrN3O.ClH/c1-7(2)16-11(6-17)8-4-9(13)12(14)10(5-8)15-3;/h4-5,7,11,16-17H,6,14H2,1-2H3;1H. The fourth-order valence-corrected chi connectivity index (χ4v) is 2.04. The Bertz CT molecular complexity index is 446. The van der Waals surface area contributed by atoms with E-state index in [9.17, 15) is 5.11 Å². The molecule has 1 atom stereocenters. The monoisotopic (exact) mass is 333 g/mol. The molecule has 0 aliphatic heterocycles. The highest BCUT2D eigenvalue weighted by Crippen LogP contribution is 2.33. The number of aliphatic hydroxyl groups is 1. The van der Waals surface area contributed by atoms with Gasteiger partial charge in [-0.05, 0) is 17.7 Å². The van der Waals surface area contributed by atoms with E-state index in [2.05, 4.69) is 26.1 Å². The Balaban J connectivity index is 0.00000289. The van der Waals surface area contributed by atoms with E-state index in [4.69, 9.17) is 12.3 Å². The highest BCUT2D eigenvalue weighted by molar-refractivity contribution is 9.10. The summed E-state index contributed by atoms with van der Waals surface area (Å²) in [5.74, 6) is 0. The summed E-state index contributed by atoms with van der Waals surface area (Å²) in [5, 5.41) is 12.6. The Kier molecular flexibility index (Phi) is 7.26. The van der Waals surface area contributed by atoms with Crippen LogP contribution in [0.1, 0.15) is 25.5 Å². The number of nitrogen functional groups attached to an aromatic ring is 1. The van der Waals surface area contributed by atoms with Crippen LogP contribution in [0.25, 0.3) is 4.85 Å². The number of nitrogens with one attached hydrogen (secondary N) is 1. The van der Waals surface area contributed by atoms with E-state index in [1.807, 2.05) is 19.9 Å². The van der Waals surface area contributed by atoms with Crippen molar-refractivity contribution in [2.24, 2.45) is 0 Å². The fraction of sp³-hybridized carbons (Fsp3) is 0.417. The van der Waals surface area contributed by atoms with Crippen molar-refractivity contribution in [1.82, 2.24) is 5.32 Å². The first-order chi connectivity index (χ1) is 7.99. The van der Waals surface area contributed by atoms with Crippen LogP contribution in [0, 0.1) is 6.57 Å². The normalized spacial score (nSPS) is 11.8. The van der Waals surface area contributed by atoms with Gasteiger partial charge in [-0.1, -0.05) is 29.8 Å². The van der Waals surface area contributed by atoms with E-state index in [0.29, 0.717) is 15.8 Å². The summed E-state index contributed by atoms with van der Waals surface area (Å²) in [4.78, 5) is 3.37. The van der Waals surface area contributed by atoms with Gasteiger partial charge in [-0.25, -0.2) is 4.85 Å². The van der Waals surface area contributed by atoms with E-state index in [1.54, 1.807) is 6.07 Å². The molecule has 0 aliphatic carbocycles. The average molecular weight is 335 g/mol. The molecule has 1 unspecified atom stereocenters. The number of halogens is 2. The molecule has 0 heterocycles. The first-order valence-corrected chi connectivity index (χ1v) is 6.12. The van der Waals surface area contributed by atoms with Crippen molar-refractivity contribution in [3.8, 4) is 0 Å². The molecule has 4 nitrogen and oxygen atoms in total. The number of aliphatic hydroxyl groups excluding tert-OH is 1. The zero-order valence-electron chi connectivity index (χ0n) is 10.3. The number of anilines is 1. The summed E-state index contributed by atoms with van der Waals surface area (Å²) < 4.78 is 0.685. The Hall–Kier alpha value is -0.800. The summed E-state index contributed by atoms with van der Waals surface area (Å²) in [5.41, 5.74) is 7.45. The first kappa shape index (κ1) is 17.2. The molecule has 0 saturated heterocycles. The van der Waals surface area contributed by atoms with Gasteiger partial charge in [-0.15, -0.1) is 12.4 Å². The molecule has 1 aromatic carbocycles. The molecule has 0 fully saturated rings. The summed E-state index contributed by atoms with van der Waals surface area (Å²) in [6.45, 7) is 11.0. The molecule has 6 heteroatoms. The van der Waals surface area contributed by atoms with Crippen LogP contribution in [0.15, 0.2) is 16.6 Å². The maximum Gasteiger partial charge on any atom is 0.210 e. The molecule has 0 spiro atoms. The molecular weight excluding hydrogens is 318 g/mol. The predicted molar refractivity (Wildman–Crippen MR) is 80.2 cm³/mol. The van der Waals surface area contributed by atoms with Gasteiger partial charge in [0.1, 0.15) is 0 Å². The number of rotatable bonds is 4. The van der Waals surface area contributed by atoms with Crippen LogP contribution < -0.4 is 11.1 Å². The topological polar surface area (TPSA) is 62.6 Å². The minimum absolute atomic E-state index is 0. The quantitative estimate of drug-likeness (QED) is 0.586. The maximum absolute atomic E-state index is 9.37. The van der Waals surface area contributed by atoms with Crippen molar-refractivity contribution in [3.63, 3.8) is 0 Å². The van der Waals surface area contributed by atoms with Gasteiger partial charge in [-0.3, -0.25) is 0 Å². The first-order valence-electron chi connectivity index (χ1n) is 5.32. The van der Waals surface area contributed by atoms with Gasteiger partial charge >= 0.3 is 0 Å². The maximum atomic E-state index is 9.37. The molecule has 1 aromatic rings. The number of hydrogen-bond donors (Lipinski definition) is 3. The van der Waals surface area contributed by atoms with Gasteiger partial charge in [0.25, 0.3) is 0 Å². The summed E-state index contributed by atoms with van der Waals surface area (Å²) in [6, 6.07) is 3.61. The van der Waals surface area contributed by atoms with Crippen molar-refractivity contribution in [3.05, 3.63) is 33.6 Å². The van der Waals surface area contributed by atoms with Gasteiger partial charge in [0.05, 0.1) is 24.9 Å². The van der Waals surface area contributed by atoms with E-state index in [0.717, 1.165) is 5.56 Å².